The van der Waals surface area contributed by atoms with Crippen LogP contribution in [0.3, 0.4) is 0 Å². The van der Waals surface area contributed by atoms with Crippen LogP contribution in [0.1, 0.15) is 0 Å². The Kier molecular flexibility index (Phi) is 4.28. The summed E-state index contributed by atoms with van der Waals surface area (Å²) >= 11 is 0. The van der Waals surface area contributed by atoms with Crippen LogP contribution < -0.4 is 10.1 Å². The largest absolute Gasteiger partial charge is 0.492 e. The molecule has 0 spiro atoms. The SMILES string of the molecule is Fc1cc(F)cc(OCCNc2ccccc2F)c1. The van der Waals surface area contributed by atoms with E-state index >= 15 is 0 Å². The zero-order chi connectivity index (χ0) is 13.7. The lowest BCUT2D eigenvalue weighted by atomic mass is 10.3. The molecule has 0 heterocycles. The van der Waals surface area contributed by atoms with Gasteiger partial charge in [-0.3, -0.25) is 0 Å². The van der Waals surface area contributed by atoms with Crippen LogP contribution in [0.25, 0.3) is 0 Å². The highest BCUT2D eigenvalue weighted by Crippen LogP contribution is 2.15. The van der Waals surface area contributed by atoms with Gasteiger partial charge < -0.3 is 10.1 Å². The topological polar surface area (TPSA) is 21.3 Å². The van der Waals surface area contributed by atoms with Gasteiger partial charge in [0.15, 0.2) is 0 Å². The van der Waals surface area contributed by atoms with E-state index in [0.717, 1.165) is 18.2 Å². The molecule has 2 aromatic carbocycles. The second-order valence-corrected chi connectivity index (χ2v) is 3.86. The Morgan fingerprint density at radius 1 is 0.947 bits per heavy atom. The van der Waals surface area contributed by atoms with E-state index in [2.05, 4.69) is 5.32 Å². The summed E-state index contributed by atoms with van der Waals surface area (Å²) in [6.45, 7) is 0.482. The van der Waals surface area contributed by atoms with Crippen molar-refractivity contribution < 1.29 is 17.9 Å². The minimum Gasteiger partial charge on any atom is -0.492 e. The first-order chi connectivity index (χ1) is 9.15. The van der Waals surface area contributed by atoms with Crippen LogP contribution in [0.4, 0.5) is 18.9 Å². The van der Waals surface area contributed by atoms with Gasteiger partial charge in [0.2, 0.25) is 0 Å². The summed E-state index contributed by atoms with van der Waals surface area (Å²) < 4.78 is 44.1. The second-order valence-electron chi connectivity index (χ2n) is 3.86. The number of ether oxygens (including phenoxy) is 1. The van der Waals surface area contributed by atoms with E-state index in [9.17, 15) is 13.2 Å². The van der Waals surface area contributed by atoms with Gasteiger partial charge in [0.05, 0.1) is 5.69 Å². The Bertz CT molecular complexity index is 540. The van der Waals surface area contributed by atoms with Crippen molar-refractivity contribution >= 4 is 5.69 Å². The highest BCUT2D eigenvalue weighted by Gasteiger charge is 2.02. The average molecular weight is 267 g/mol. The van der Waals surface area contributed by atoms with Gasteiger partial charge in [0.25, 0.3) is 0 Å². The molecule has 0 aliphatic rings. The van der Waals surface area contributed by atoms with Crippen LogP contribution >= 0.6 is 0 Å². The minimum absolute atomic E-state index is 0.104. The zero-order valence-electron chi connectivity index (χ0n) is 10.00. The van der Waals surface area contributed by atoms with E-state index in [0.29, 0.717) is 12.2 Å². The van der Waals surface area contributed by atoms with Gasteiger partial charge in [-0.15, -0.1) is 0 Å². The van der Waals surface area contributed by atoms with E-state index in [-0.39, 0.29) is 18.2 Å². The monoisotopic (exact) mass is 267 g/mol. The molecule has 0 aliphatic carbocycles. The van der Waals surface area contributed by atoms with Crippen molar-refractivity contribution in [2.75, 3.05) is 18.5 Å². The molecule has 0 aromatic heterocycles. The Hall–Kier alpha value is -2.17. The molecule has 0 fully saturated rings. The fourth-order valence-electron chi connectivity index (χ4n) is 1.57. The average Bonchev–Trinajstić information content (AvgIpc) is 2.35. The predicted molar refractivity (Wildman–Crippen MR) is 66.7 cm³/mol. The number of para-hydroxylation sites is 1. The Morgan fingerprint density at radius 3 is 2.32 bits per heavy atom. The third-order valence-corrected chi connectivity index (χ3v) is 2.40. The van der Waals surface area contributed by atoms with E-state index in [1.54, 1.807) is 18.2 Å². The molecule has 2 aromatic rings. The first-order valence-electron chi connectivity index (χ1n) is 5.72. The molecule has 0 amide bonds. The van der Waals surface area contributed by atoms with Crippen molar-refractivity contribution in [2.45, 2.75) is 0 Å². The van der Waals surface area contributed by atoms with Crippen LogP contribution in [-0.2, 0) is 0 Å². The van der Waals surface area contributed by atoms with Crippen molar-refractivity contribution in [1.29, 1.82) is 0 Å². The van der Waals surface area contributed by atoms with E-state index in [4.69, 9.17) is 4.74 Å². The van der Waals surface area contributed by atoms with Gasteiger partial charge in [-0.25, -0.2) is 13.2 Å². The third kappa shape index (κ3) is 3.91. The predicted octanol–water partition coefficient (Wildman–Crippen LogP) is 3.59. The van der Waals surface area contributed by atoms with Gasteiger partial charge in [0.1, 0.15) is 29.8 Å². The zero-order valence-corrected chi connectivity index (χ0v) is 10.00. The molecule has 0 saturated carbocycles. The van der Waals surface area contributed by atoms with E-state index < -0.39 is 11.6 Å². The number of nitrogens with one attached hydrogen (secondary N) is 1. The van der Waals surface area contributed by atoms with Gasteiger partial charge in [-0.1, -0.05) is 12.1 Å². The molecule has 5 heteroatoms. The summed E-state index contributed by atoms with van der Waals surface area (Å²) in [7, 11) is 0. The lowest BCUT2D eigenvalue weighted by Crippen LogP contribution is -2.12. The number of halogens is 3. The van der Waals surface area contributed by atoms with Crippen LogP contribution in [0.15, 0.2) is 42.5 Å². The molecule has 2 rings (SSSR count). The molecule has 0 radical (unpaired) electrons. The Morgan fingerprint density at radius 2 is 1.63 bits per heavy atom. The fraction of sp³-hybridized carbons (Fsp3) is 0.143. The summed E-state index contributed by atoms with van der Waals surface area (Å²) in [5.41, 5.74) is 0.358. The summed E-state index contributed by atoms with van der Waals surface area (Å²) in [6.07, 6.45) is 0. The molecule has 19 heavy (non-hydrogen) atoms. The van der Waals surface area contributed by atoms with Crippen LogP contribution in [-0.4, -0.2) is 13.2 Å². The molecule has 0 atom stereocenters. The number of hydrogen-bond donors (Lipinski definition) is 1. The smallest absolute Gasteiger partial charge is 0.146 e. The van der Waals surface area contributed by atoms with E-state index in [1.807, 2.05) is 0 Å². The molecule has 2 nitrogen and oxygen atoms in total. The Balaban J connectivity index is 1.82. The normalized spacial score (nSPS) is 10.3. The lowest BCUT2D eigenvalue weighted by Gasteiger charge is -2.09. The van der Waals surface area contributed by atoms with Crippen LogP contribution in [0, 0.1) is 17.5 Å². The lowest BCUT2D eigenvalue weighted by molar-refractivity contribution is 0.328. The standard InChI is InChI=1S/C14H12F3NO/c15-10-7-11(16)9-12(8-10)19-6-5-18-14-4-2-1-3-13(14)17/h1-4,7-9,18H,5-6H2. The molecule has 0 saturated heterocycles. The van der Waals surface area contributed by atoms with Crippen molar-refractivity contribution in [3.8, 4) is 5.75 Å². The quantitative estimate of drug-likeness (QED) is 0.836. The molecule has 0 bridgehead atoms. The molecule has 0 unspecified atom stereocenters. The highest BCUT2D eigenvalue weighted by molar-refractivity contribution is 5.44. The van der Waals surface area contributed by atoms with Crippen molar-refractivity contribution in [1.82, 2.24) is 0 Å². The van der Waals surface area contributed by atoms with Gasteiger partial charge in [0, 0.05) is 24.7 Å². The van der Waals surface area contributed by atoms with Crippen molar-refractivity contribution in [3.63, 3.8) is 0 Å². The summed E-state index contributed by atoms with van der Waals surface area (Å²) in [5, 5.41) is 2.82. The maximum absolute atomic E-state index is 13.2. The van der Waals surface area contributed by atoms with Crippen molar-refractivity contribution in [2.24, 2.45) is 0 Å². The molecule has 1 N–H and O–H groups in total. The van der Waals surface area contributed by atoms with E-state index in [1.165, 1.54) is 6.07 Å². The maximum atomic E-state index is 13.2. The highest BCUT2D eigenvalue weighted by atomic mass is 19.1. The number of anilines is 1. The second kappa shape index (κ2) is 6.13. The van der Waals surface area contributed by atoms with Crippen LogP contribution in [0.2, 0.25) is 0 Å². The first kappa shape index (κ1) is 13.3. The minimum atomic E-state index is -0.697. The summed E-state index contributed by atoms with van der Waals surface area (Å²) in [4.78, 5) is 0. The molecular formula is C14H12F3NO. The molecule has 100 valence electrons. The fourth-order valence-corrected chi connectivity index (χ4v) is 1.57. The molecule has 0 aliphatic heterocycles. The van der Waals surface area contributed by atoms with Gasteiger partial charge >= 0.3 is 0 Å². The maximum Gasteiger partial charge on any atom is 0.146 e. The number of benzene rings is 2. The number of rotatable bonds is 5. The third-order valence-electron chi connectivity index (χ3n) is 2.40. The van der Waals surface area contributed by atoms with Gasteiger partial charge in [-0.2, -0.15) is 0 Å². The van der Waals surface area contributed by atoms with Crippen molar-refractivity contribution in [3.05, 3.63) is 59.9 Å². The van der Waals surface area contributed by atoms with Gasteiger partial charge in [-0.05, 0) is 12.1 Å². The summed E-state index contributed by atoms with van der Waals surface area (Å²) in [5.74, 6) is -1.65. The Labute approximate surface area is 108 Å². The molecular weight excluding hydrogens is 255 g/mol. The number of hydrogen-bond acceptors (Lipinski definition) is 2. The first-order valence-corrected chi connectivity index (χ1v) is 5.72. The van der Waals surface area contributed by atoms with Crippen LogP contribution in [0.5, 0.6) is 5.75 Å². The summed E-state index contributed by atoms with van der Waals surface area (Å²) in [6, 6.07) is 9.17.